The molecule has 0 saturated carbocycles. The SMILES string of the molecule is c1ccc2c(-c3cnc(C4CCCN4)[nH]3)ccc(-c3ccc(-c4cnc(C5CCCN5)[nH]4)cc3)c2c1. The molecule has 2 aliphatic heterocycles. The summed E-state index contributed by atoms with van der Waals surface area (Å²) in [7, 11) is 0. The van der Waals surface area contributed by atoms with Crippen LogP contribution in [-0.4, -0.2) is 33.0 Å². The van der Waals surface area contributed by atoms with Crippen LogP contribution in [0.2, 0.25) is 0 Å². The Morgan fingerprint density at radius 3 is 1.78 bits per heavy atom. The Balaban J connectivity index is 1.21. The number of imidazole rings is 2. The van der Waals surface area contributed by atoms with Crippen LogP contribution < -0.4 is 10.6 Å². The summed E-state index contributed by atoms with van der Waals surface area (Å²) in [4.78, 5) is 16.4. The highest BCUT2D eigenvalue weighted by Gasteiger charge is 2.21. The molecule has 4 N–H and O–H groups in total. The molecule has 7 rings (SSSR count). The molecule has 2 unspecified atom stereocenters. The fraction of sp³-hybridized carbons (Fsp3) is 0.267. The molecule has 180 valence electrons. The fourth-order valence-electron chi connectivity index (χ4n) is 5.76. The van der Waals surface area contributed by atoms with Crippen molar-refractivity contribution in [2.75, 3.05) is 13.1 Å². The molecule has 0 spiro atoms. The minimum atomic E-state index is 0.336. The molecule has 0 bridgehead atoms. The highest BCUT2D eigenvalue weighted by Crippen LogP contribution is 2.36. The Morgan fingerprint density at radius 1 is 0.583 bits per heavy atom. The summed E-state index contributed by atoms with van der Waals surface area (Å²) in [5, 5.41) is 9.52. The molecule has 5 aromatic rings. The van der Waals surface area contributed by atoms with E-state index in [9.17, 15) is 0 Å². The van der Waals surface area contributed by atoms with Crippen LogP contribution in [0.5, 0.6) is 0 Å². The molecule has 2 atom stereocenters. The molecule has 2 aromatic heterocycles. The number of aromatic nitrogens is 4. The van der Waals surface area contributed by atoms with Crippen molar-refractivity contribution < 1.29 is 0 Å². The third-order valence-corrected chi connectivity index (χ3v) is 7.69. The number of hydrogen-bond acceptors (Lipinski definition) is 4. The number of rotatable bonds is 5. The Hall–Kier alpha value is -3.74. The quantitative estimate of drug-likeness (QED) is 0.247. The van der Waals surface area contributed by atoms with Crippen LogP contribution in [0.25, 0.3) is 44.4 Å². The van der Waals surface area contributed by atoms with Crippen LogP contribution in [0.15, 0.2) is 73.1 Å². The van der Waals surface area contributed by atoms with Gasteiger partial charge in [0.2, 0.25) is 0 Å². The molecule has 6 nitrogen and oxygen atoms in total. The summed E-state index contributed by atoms with van der Waals surface area (Å²) in [5.41, 5.74) is 6.92. The van der Waals surface area contributed by atoms with Gasteiger partial charge in [-0.05, 0) is 66.2 Å². The molecule has 0 amide bonds. The lowest BCUT2D eigenvalue weighted by Crippen LogP contribution is -2.14. The Bertz CT molecular complexity index is 1500. The van der Waals surface area contributed by atoms with Crippen LogP contribution in [-0.2, 0) is 0 Å². The van der Waals surface area contributed by atoms with Gasteiger partial charge < -0.3 is 20.6 Å². The predicted molar refractivity (Wildman–Crippen MR) is 145 cm³/mol. The van der Waals surface area contributed by atoms with Gasteiger partial charge in [0.25, 0.3) is 0 Å². The standard InChI is InChI=1S/C30H30N6/c1-2-6-23-22(5-1)21(13-14-24(23)28-18-34-30(36-28)26-8-4-16-32-26)19-9-11-20(12-10-19)27-17-33-29(35-27)25-7-3-15-31-25/h1-2,5-6,9-14,17-18,25-26,31-32H,3-4,7-8,15-16H2,(H,33,35)(H,34,36). The number of H-pyrrole nitrogens is 2. The Labute approximate surface area is 210 Å². The molecule has 0 aliphatic carbocycles. The maximum atomic E-state index is 4.70. The van der Waals surface area contributed by atoms with Gasteiger partial charge in [0.05, 0.1) is 35.9 Å². The van der Waals surface area contributed by atoms with Gasteiger partial charge in [0.1, 0.15) is 11.6 Å². The average molecular weight is 475 g/mol. The van der Waals surface area contributed by atoms with Crippen LogP contribution in [0, 0.1) is 0 Å². The monoisotopic (exact) mass is 474 g/mol. The molecule has 36 heavy (non-hydrogen) atoms. The first-order chi connectivity index (χ1) is 17.8. The van der Waals surface area contributed by atoms with Gasteiger partial charge in [0.15, 0.2) is 0 Å². The summed E-state index contributed by atoms with van der Waals surface area (Å²) in [6.07, 6.45) is 8.63. The summed E-state index contributed by atoms with van der Waals surface area (Å²) in [5.74, 6) is 2.08. The maximum Gasteiger partial charge on any atom is 0.123 e. The smallest absolute Gasteiger partial charge is 0.123 e. The molecular weight excluding hydrogens is 444 g/mol. The third kappa shape index (κ3) is 3.83. The molecular formula is C30H30N6. The average Bonchev–Trinajstić information content (AvgIpc) is 3.75. The van der Waals surface area contributed by atoms with E-state index in [1.54, 1.807) is 0 Å². The normalized spacial score (nSPS) is 19.9. The summed E-state index contributed by atoms with van der Waals surface area (Å²) in [6.45, 7) is 2.14. The van der Waals surface area contributed by atoms with E-state index in [0.29, 0.717) is 12.1 Å². The van der Waals surface area contributed by atoms with E-state index in [4.69, 9.17) is 4.98 Å². The topological polar surface area (TPSA) is 81.4 Å². The first-order valence-electron chi connectivity index (χ1n) is 13.0. The van der Waals surface area contributed by atoms with Crippen molar-refractivity contribution in [2.45, 2.75) is 37.8 Å². The molecule has 2 aliphatic rings. The van der Waals surface area contributed by atoms with Gasteiger partial charge in [-0.1, -0.05) is 60.7 Å². The van der Waals surface area contributed by atoms with Crippen LogP contribution >= 0.6 is 0 Å². The van der Waals surface area contributed by atoms with Crippen molar-refractivity contribution >= 4 is 10.8 Å². The second-order valence-corrected chi connectivity index (χ2v) is 9.95. The largest absolute Gasteiger partial charge is 0.341 e. The van der Waals surface area contributed by atoms with Gasteiger partial charge in [-0.3, -0.25) is 0 Å². The van der Waals surface area contributed by atoms with Crippen molar-refractivity contribution in [1.29, 1.82) is 0 Å². The van der Waals surface area contributed by atoms with Crippen LogP contribution in [0.4, 0.5) is 0 Å². The first kappa shape index (κ1) is 21.5. The Morgan fingerprint density at radius 2 is 1.14 bits per heavy atom. The summed E-state index contributed by atoms with van der Waals surface area (Å²) >= 11 is 0. The van der Waals surface area contributed by atoms with E-state index in [-0.39, 0.29) is 0 Å². The van der Waals surface area contributed by atoms with Crippen molar-refractivity contribution in [3.8, 4) is 33.6 Å². The van der Waals surface area contributed by atoms with Gasteiger partial charge in [-0.2, -0.15) is 0 Å². The van der Waals surface area contributed by atoms with E-state index in [1.807, 2.05) is 12.4 Å². The van der Waals surface area contributed by atoms with Crippen LogP contribution in [0.1, 0.15) is 49.4 Å². The van der Waals surface area contributed by atoms with Gasteiger partial charge in [-0.15, -0.1) is 0 Å². The minimum Gasteiger partial charge on any atom is -0.341 e. The van der Waals surface area contributed by atoms with Crippen molar-refractivity contribution in [1.82, 2.24) is 30.6 Å². The second kappa shape index (κ2) is 9.04. The first-order valence-corrected chi connectivity index (χ1v) is 13.0. The number of aromatic amines is 2. The zero-order chi connectivity index (χ0) is 23.9. The van der Waals surface area contributed by atoms with Crippen molar-refractivity contribution in [2.24, 2.45) is 0 Å². The molecule has 0 radical (unpaired) electrons. The number of fused-ring (bicyclic) bond motifs is 1. The highest BCUT2D eigenvalue weighted by molar-refractivity contribution is 6.04. The van der Waals surface area contributed by atoms with Gasteiger partial charge >= 0.3 is 0 Å². The van der Waals surface area contributed by atoms with E-state index in [1.165, 1.54) is 40.3 Å². The fourth-order valence-corrected chi connectivity index (χ4v) is 5.76. The van der Waals surface area contributed by atoms with E-state index >= 15 is 0 Å². The lowest BCUT2D eigenvalue weighted by molar-refractivity contribution is 0.613. The van der Waals surface area contributed by atoms with Crippen molar-refractivity contribution in [3.63, 3.8) is 0 Å². The summed E-state index contributed by atoms with van der Waals surface area (Å²) < 4.78 is 0. The number of benzene rings is 3. The molecule has 6 heteroatoms. The van der Waals surface area contributed by atoms with Crippen LogP contribution in [0.3, 0.4) is 0 Å². The second-order valence-electron chi connectivity index (χ2n) is 9.95. The molecule has 2 fully saturated rings. The summed E-state index contributed by atoms with van der Waals surface area (Å²) in [6, 6.07) is 22.6. The zero-order valence-corrected chi connectivity index (χ0v) is 20.2. The van der Waals surface area contributed by atoms with E-state index in [2.05, 4.69) is 86.2 Å². The maximum absolute atomic E-state index is 4.70. The molecule has 4 heterocycles. The molecule has 2 saturated heterocycles. The number of hydrogen-bond donors (Lipinski definition) is 4. The highest BCUT2D eigenvalue weighted by atomic mass is 15.0. The minimum absolute atomic E-state index is 0.336. The van der Waals surface area contributed by atoms with Gasteiger partial charge in [0, 0.05) is 5.56 Å². The lowest BCUT2D eigenvalue weighted by atomic mass is 9.93. The molecule has 3 aromatic carbocycles. The Kier molecular flexibility index (Phi) is 5.41. The van der Waals surface area contributed by atoms with Gasteiger partial charge in [-0.25, -0.2) is 9.97 Å². The third-order valence-electron chi connectivity index (χ3n) is 7.69. The number of nitrogens with zero attached hydrogens (tertiary/aromatic N) is 2. The zero-order valence-electron chi connectivity index (χ0n) is 20.2. The lowest BCUT2D eigenvalue weighted by Gasteiger charge is -2.12. The van der Waals surface area contributed by atoms with E-state index < -0.39 is 0 Å². The predicted octanol–water partition coefficient (Wildman–Crippen LogP) is 6.14. The van der Waals surface area contributed by atoms with Crippen molar-refractivity contribution in [3.05, 3.63) is 84.7 Å². The van der Waals surface area contributed by atoms with E-state index in [0.717, 1.165) is 54.5 Å². The number of nitrogens with one attached hydrogen (secondary N) is 4.